The van der Waals surface area contributed by atoms with Gasteiger partial charge in [0.2, 0.25) is 10.0 Å². The van der Waals surface area contributed by atoms with E-state index in [2.05, 4.69) is 28.5 Å². The Kier molecular flexibility index (Phi) is 6.03. The number of nitrogens with zero attached hydrogens (tertiary/aromatic N) is 4. The Morgan fingerprint density at radius 1 is 1.09 bits per heavy atom. The third kappa shape index (κ3) is 4.09. The van der Waals surface area contributed by atoms with E-state index in [0.717, 1.165) is 43.0 Å². The second-order valence-electron chi connectivity index (χ2n) is 8.46. The minimum atomic E-state index is -3.56. The van der Waals surface area contributed by atoms with Gasteiger partial charge in [0.15, 0.2) is 0 Å². The van der Waals surface area contributed by atoms with Crippen LogP contribution in [0.25, 0.3) is 11.0 Å². The Balaban J connectivity index is 1.47. The van der Waals surface area contributed by atoms with Crippen LogP contribution in [0.2, 0.25) is 0 Å². The van der Waals surface area contributed by atoms with Crippen molar-refractivity contribution >= 4 is 26.7 Å². The Morgan fingerprint density at radius 3 is 2.67 bits per heavy atom. The topological polar surface area (TPSA) is 76.9 Å². The van der Waals surface area contributed by atoms with E-state index >= 15 is 0 Å². The SMILES string of the molecule is CCn1c(CN2CCCc3cc(OC)ccc32)nc2cc(S(=O)(=O)N3CCOCC3)ccc21. The molecule has 176 valence electrons. The number of hydrogen-bond acceptors (Lipinski definition) is 6. The summed E-state index contributed by atoms with van der Waals surface area (Å²) in [5, 5.41) is 0. The number of aryl methyl sites for hydroxylation is 2. The van der Waals surface area contributed by atoms with Crippen molar-refractivity contribution in [2.75, 3.05) is 44.9 Å². The lowest BCUT2D eigenvalue weighted by Crippen LogP contribution is -2.40. The average Bonchev–Trinajstić information content (AvgIpc) is 3.20. The maximum absolute atomic E-state index is 13.1. The number of ether oxygens (including phenoxy) is 2. The van der Waals surface area contributed by atoms with Crippen molar-refractivity contribution in [3.8, 4) is 5.75 Å². The number of rotatable bonds is 6. The van der Waals surface area contributed by atoms with E-state index in [0.29, 0.717) is 43.3 Å². The summed E-state index contributed by atoms with van der Waals surface area (Å²) in [6.45, 7) is 6.12. The molecule has 2 aliphatic heterocycles. The van der Waals surface area contributed by atoms with Gasteiger partial charge in [-0.15, -0.1) is 0 Å². The number of anilines is 1. The standard InChI is InChI=1S/C24H30N4O4S/c1-3-28-23-9-7-20(33(29,30)27-11-13-32-14-12-27)16-21(23)25-24(28)17-26-10-4-5-18-15-19(31-2)6-8-22(18)26/h6-9,15-16H,3-5,10-14,17H2,1-2H3. The molecule has 1 aromatic heterocycles. The van der Waals surface area contributed by atoms with Crippen LogP contribution in [0.15, 0.2) is 41.3 Å². The molecule has 0 aliphatic carbocycles. The van der Waals surface area contributed by atoms with E-state index in [1.165, 1.54) is 15.6 Å². The molecule has 2 aliphatic rings. The highest BCUT2D eigenvalue weighted by molar-refractivity contribution is 7.89. The molecule has 0 atom stereocenters. The molecule has 3 heterocycles. The predicted molar refractivity (Wildman–Crippen MR) is 127 cm³/mol. The molecule has 0 spiro atoms. The van der Waals surface area contributed by atoms with Crippen molar-refractivity contribution in [2.45, 2.75) is 37.8 Å². The smallest absolute Gasteiger partial charge is 0.243 e. The number of fused-ring (bicyclic) bond motifs is 2. The third-order valence-electron chi connectivity index (χ3n) is 6.56. The second-order valence-corrected chi connectivity index (χ2v) is 10.4. The fourth-order valence-electron chi connectivity index (χ4n) is 4.84. The molecule has 3 aromatic rings. The van der Waals surface area contributed by atoms with E-state index in [1.54, 1.807) is 19.2 Å². The Bertz CT molecular complexity index is 1260. The fourth-order valence-corrected chi connectivity index (χ4v) is 6.27. The molecule has 33 heavy (non-hydrogen) atoms. The molecule has 0 saturated carbocycles. The number of hydrogen-bond donors (Lipinski definition) is 0. The van der Waals surface area contributed by atoms with E-state index in [9.17, 15) is 8.42 Å². The monoisotopic (exact) mass is 470 g/mol. The third-order valence-corrected chi connectivity index (χ3v) is 8.45. The van der Waals surface area contributed by atoms with Crippen molar-refractivity contribution in [1.29, 1.82) is 0 Å². The van der Waals surface area contributed by atoms with Crippen LogP contribution in [0.3, 0.4) is 0 Å². The zero-order chi connectivity index (χ0) is 23.0. The van der Waals surface area contributed by atoms with Gasteiger partial charge in [-0.25, -0.2) is 13.4 Å². The van der Waals surface area contributed by atoms with Gasteiger partial charge in [-0.1, -0.05) is 0 Å². The number of methoxy groups -OCH3 is 1. The van der Waals surface area contributed by atoms with Crippen LogP contribution in [0.4, 0.5) is 5.69 Å². The van der Waals surface area contributed by atoms with Crippen molar-refractivity contribution in [2.24, 2.45) is 0 Å². The van der Waals surface area contributed by atoms with Crippen LogP contribution < -0.4 is 9.64 Å². The molecule has 0 radical (unpaired) electrons. The minimum Gasteiger partial charge on any atom is -0.497 e. The lowest BCUT2D eigenvalue weighted by atomic mass is 10.0. The van der Waals surface area contributed by atoms with Gasteiger partial charge in [0.1, 0.15) is 11.6 Å². The molecule has 8 nitrogen and oxygen atoms in total. The van der Waals surface area contributed by atoms with Crippen molar-refractivity contribution in [3.63, 3.8) is 0 Å². The summed E-state index contributed by atoms with van der Waals surface area (Å²) in [5.74, 6) is 1.82. The highest BCUT2D eigenvalue weighted by atomic mass is 32.2. The molecular weight excluding hydrogens is 440 g/mol. The number of morpholine rings is 1. The summed E-state index contributed by atoms with van der Waals surface area (Å²) in [6, 6.07) is 11.5. The lowest BCUT2D eigenvalue weighted by molar-refractivity contribution is 0.0730. The maximum atomic E-state index is 13.1. The average molecular weight is 471 g/mol. The van der Waals surface area contributed by atoms with Crippen molar-refractivity contribution < 1.29 is 17.9 Å². The summed E-state index contributed by atoms with van der Waals surface area (Å²) < 4.78 is 40.6. The summed E-state index contributed by atoms with van der Waals surface area (Å²) in [6.07, 6.45) is 2.12. The Labute approximate surface area is 194 Å². The Hall–Kier alpha value is -2.62. The molecule has 5 rings (SSSR count). The maximum Gasteiger partial charge on any atom is 0.243 e. The zero-order valence-electron chi connectivity index (χ0n) is 19.2. The summed E-state index contributed by atoms with van der Waals surface area (Å²) in [5.41, 5.74) is 4.18. The number of imidazole rings is 1. The highest BCUT2D eigenvalue weighted by Gasteiger charge is 2.27. The van der Waals surface area contributed by atoms with Crippen LogP contribution >= 0.6 is 0 Å². The molecular formula is C24H30N4O4S. The number of sulfonamides is 1. The van der Waals surface area contributed by atoms with Gasteiger partial charge in [-0.3, -0.25) is 0 Å². The quantitative estimate of drug-likeness (QED) is 0.551. The second kappa shape index (κ2) is 8.96. The zero-order valence-corrected chi connectivity index (χ0v) is 20.0. The van der Waals surface area contributed by atoms with Crippen LogP contribution in [-0.2, 0) is 34.3 Å². The first-order valence-electron chi connectivity index (χ1n) is 11.5. The Morgan fingerprint density at radius 2 is 1.91 bits per heavy atom. The summed E-state index contributed by atoms with van der Waals surface area (Å²) in [7, 11) is -1.86. The summed E-state index contributed by atoms with van der Waals surface area (Å²) in [4.78, 5) is 7.54. The van der Waals surface area contributed by atoms with Crippen LogP contribution in [-0.4, -0.2) is 62.2 Å². The van der Waals surface area contributed by atoms with E-state index in [-0.39, 0.29) is 0 Å². The van der Waals surface area contributed by atoms with Gasteiger partial charge < -0.3 is 18.9 Å². The largest absolute Gasteiger partial charge is 0.497 e. The van der Waals surface area contributed by atoms with Gasteiger partial charge in [-0.05, 0) is 61.7 Å². The van der Waals surface area contributed by atoms with Crippen LogP contribution in [0.1, 0.15) is 24.7 Å². The molecule has 0 bridgehead atoms. The lowest BCUT2D eigenvalue weighted by Gasteiger charge is -2.31. The van der Waals surface area contributed by atoms with Crippen molar-refractivity contribution in [3.05, 3.63) is 47.8 Å². The van der Waals surface area contributed by atoms with E-state index in [4.69, 9.17) is 14.5 Å². The van der Waals surface area contributed by atoms with Crippen molar-refractivity contribution in [1.82, 2.24) is 13.9 Å². The van der Waals surface area contributed by atoms with Gasteiger partial charge in [0.05, 0.1) is 42.8 Å². The summed E-state index contributed by atoms with van der Waals surface area (Å²) >= 11 is 0. The number of benzene rings is 2. The molecule has 0 N–H and O–H groups in total. The first-order valence-corrected chi connectivity index (χ1v) is 12.9. The molecule has 1 saturated heterocycles. The van der Waals surface area contributed by atoms with E-state index < -0.39 is 10.0 Å². The first-order chi connectivity index (χ1) is 16.0. The molecule has 1 fully saturated rings. The minimum absolute atomic E-state index is 0.291. The van der Waals surface area contributed by atoms with Gasteiger partial charge in [0, 0.05) is 31.9 Å². The van der Waals surface area contributed by atoms with Crippen LogP contribution in [0.5, 0.6) is 5.75 Å². The van der Waals surface area contributed by atoms with Gasteiger partial charge in [-0.2, -0.15) is 4.31 Å². The molecule has 0 unspecified atom stereocenters. The highest BCUT2D eigenvalue weighted by Crippen LogP contribution is 2.32. The van der Waals surface area contributed by atoms with Gasteiger partial charge in [0.25, 0.3) is 0 Å². The van der Waals surface area contributed by atoms with E-state index in [1.807, 2.05) is 12.1 Å². The molecule has 9 heteroatoms. The molecule has 0 amide bonds. The predicted octanol–water partition coefficient (Wildman–Crippen LogP) is 3.04. The normalized spacial score (nSPS) is 17.3. The fraction of sp³-hybridized carbons (Fsp3) is 0.458. The number of aromatic nitrogens is 2. The van der Waals surface area contributed by atoms with Gasteiger partial charge >= 0.3 is 0 Å². The van der Waals surface area contributed by atoms with Crippen LogP contribution in [0, 0.1) is 0 Å². The first kappa shape index (κ1) is 22.2. The molecule has 2 aromatic carbocycles.